The molecule has 1 saturated heterocycles. The summed E-state index contributed by atoms with van der Waals surface area (Å²) in [5, 5.41) is 3.39. The van der Waals surface area contributed by atoms with Crippen LogP contribution >= 0.6 is 0 Å². The summed E-state index contributed by atoms with van der Waals surface area (Å²) in [6.45, 7) is 9.90. The number of nitrogens with one attached hydrogen (secondary N) is 1. The second-order valence-corrected chi connectivity index (χ2v) is 3.60. The van der Waals surface area contributed by atoms with Gasteiger partial charge in [-0.1, -0.05) is 26.7 Å². The second-order valence-electron chi connectivity index (χ2n) is 3.60. The van der Waals surface area contributed by atoms with Gasteiger partial charge in [0.15, 0.2) is 0 Å². The summed E-state index contributed by atoms with van der Waals surface area (Å²) in [5.41, 5.74) is 0. The Morgan fingerprint density at radius 3 is 1.77 bits per heavy atom. The molecule has 80 valence electrons. The quantitative estimate of drug-likeness (QED) is 0.510. The Labute approximate surface area is 83.1 Å². The number of epoxide rings is 1. The van der Waals surface area contributed by atoms with Crippen molar-refractivity contribution in [3.05, 3.63) is 0 Å². The fraction of sp³-hybridized carbons (Fsp3) is 1.00. The van der Waals surface area contributed by atoms with Crippen molar-refractivity contribution in [1.29, 1.82) is 0 Å². The van der Waals surface area contributed by atoms with Crippen LogP contribution in [0.25, 0.3) is 0 Å². The van der Waals surface area contributed by atoms with Crippen molar-refractivity contribution < 1.29 is 4.74 Å². The summed E-state index contributed by atoms with van der Waals surface area (Å²) < 4.78 is 4.71. The van der Waals surface area contributed by atoms with Crippen molar-refractivity contribution in [2.75, 3.05) is 19.7 Å². The van der Waals surface area contributed by atoms with Crippen LogP contribution in [-0.4, -0.2) is 25.8 Å². The highest BCUT2D eigenvalue weighted by Crippen LogP contribution is 2.04. The fourth-order valence-electron chi connectivity index (χ4n) is 0.825. The zero-order chi connectivity index (χ0) is 9.94. The van der Waals surface area contributed by atoms with E-state index in [0.29, 0.717) is 6.10 Å². The summed E-state index contributed by atoms with van der Waals surface area (Å²) in [5.74, 6) is 0. The molecule has 1 rings (SSSR count). The minimum absolute atomic E-state index is 0.583. The van der Waals surface area contributed by atoms with Gasteiger partial charge >= 0.3 is 0 Å². The van der Waals surface area contributed by atoms with E-state index in [1.807, 2.05) is 0 Å². The fourth-order valence-corrected chi connectivity index (χ4v) is 0.825. The van der Waals surface area contributed by atoms with Crippen LogP contribution in [-0.2, 0) is 4.74 Å². The number of unbranched alkanes of at least 4 members (excludes halogenated alkanes) is 2. The molecule has 0 aromatic rings. The second kappa shape index (κ2) is 10.0. The van der Waals surface area contributed by atoms with Gasteiger partial charge < -0.3 is 10.1 Å². The SMILES string of the molecule is CC1CO1.CCCCNCCCC. The molecule has 0 aromatic carbocycles. The van der Waals surface area contributed by atoms with Crippen molar-refractivity contribution in [3.8, 4) is 0 Å². The van der Waals surface area contributed by atoms with E-state index < -0.39 is 0 Å². The maximum absolute atomic E-state index is 4.71. The number of ether oxygens (including phenoxy) is 1. The Balaban J connectivity index is 0.000000293. The minimum atomic E-state index is 0.583. The van der Waals surface area contributed by atoms with Gasteiger partial charge in [0.1, 0.15) is 0 Å². The molecule has 0 radical (unpaired) electrons. The average molecular weight is 187 g/mol. The van der Waals surface area contributed by atoms with Crippen molar-refractivity contribution >= 4 is 0 Å². The molecular weight excluding hydrogens is 162 g/mol. The molecule has 1 heterocycles. The molecule has 0 saturated carbocycles. The standard InChI is InChI=1S/C8H19N.C3H6O/c1-3-5-7-9-8-6-4-2;1-3-2-4-3/h9H,3-8H2,1-2H3;3H,2H2,1H3. The lowest BCUT2D eigenvalue weighted by Gasteiger charge is -1.99. The van der Waals surface area contributed by atoms with E-state index in [4.69, 9.17) is 4.74 Å². The largest absolute Gasteiger partial charge is 0.373 e. The third-order valence-electron chi connectivity index (χ3n) is 1.91. The Hall–Kier alpha value is -0.0800. The van der Waals surface area contributed by atoms with Gasteiger partial charge in [-0.2, -0.15) is 0 Å². The van der Waals surface area contributed by atoms with Gasteiger partial charge in [0, 0.05) is 0 Å². The van der Waals surface area contributed by atoms with Crippen LogP contribution in [0, 0.1) is 0 Å². The maximum Gasteiger partial charge on any atom is 0.0781 e. The molecule has 0 spiro atoms. The van der Waals surface area contributed by atoms with Crippen molar-refractivity contribution in [3.63, 3.8) is 0 Å². The van der Waals surface area contributed by atoms with E-state index in [1.165, 1.54) is 38.8 Å². The highest BCUT2D eigenvalue weighted by molar-refractivity contribution is 4.58. The maximum atomic E-state index is 4.71. The van der Waals surface area contributed by atoms with Crippen LogP contribution in [0.15, 0.2) is 0 Å². The van der Waals surface area contributed by atoms with Crippen LogP contribution in [0.4, 0.5) is 0 Å². The number of rotatable bonds is 6. The van der Waals surface area contributed by atoms with Gasteiger partial charge in [-0.05, 0) is 32.9 Å². The van der Waals surface area contributed by atoms with Crippen LogP contribution in [0.3, 0.4) is 0 Å². The minimum Gasteiger partial charge on any atom is -0.373 e. The van der Waals surface area contributed by atoms with Crippen molar-refractivity contribution in [1.82, 2.24) is 5.32 Å². The summed E-state index contributed by atoms with van der Waals surface area (Å²) in [6.07, 6.45) is 5.84. The van der Waals surface area contributed by atoms with Gasteiger partial charge in [0.05, 0.1) is 12.7 Å². The Morgan fingerprint density at radius 2 is 1.54 bits per heavy atom. The van der Waals surface area contributed by atoms with Gasteiger partial charge in [0.2, 0.25) is 0 Å². The third-order valence-corrected chi connectivity index (χ3v) is 1.91. The van der Waals surface area contributed by atoms with Gasteiger partial charge in [-0.25, -0.2) is 0 Å². The Bertz CT molecular complexity index is 86.1. The average Bonchev–Trinajstić information content (AvgIpc) is 2.89. The topological polar surface area (TPSA) is 24.6 Å². The first-order valence-corrected chi connectivity index (χ1v) is 5.63. The predicted molar refractivity (Wildman–Crippen MR) is 58.1 cm³/mol. The number of hydrogen-bond donors (Lipinski definition) is 1. The molecule has 1 fully saturated rings. The third kappa shape index (κ3) is 14.7. The Kier molecular flexibility index (Phi) is 9.94. The molecule has 13 heavy (non-hydrogen) atoms. The zero-order valence-electron chi connectivity index (χ0n) is 9.44. The first-order chi connectivity index (χ1) is 6.31. The van der Waals surface area contributed by atoms with Crippen LogP contribution in [0.2, 0.25) is 0 Å². The van der Waals surface area contributed by atoms with Crippen LogP contribution < -0.4 is 5.32 Å². The highest BCUT2D eigenvalue weighted by Gasteiger charge is 2.13. The van der Waals surface area contributed by atoms with Gasteiger partial charge in [-0.15, -0.1) is 0 Å². The van der Waals surface area contributed by atoms with E-state index in [-0.39, 0.29) is 0 Å². The van der Waals surface area contributed by atoms with E-state index in [9.17, 15) is 0 Å². The molecule has 0 aliphatic carbocycles. The zero-order valence-corrected chi connectivity index (χ0v) is 9.44. The lowest BCUT2D eigenvalue weighted by Crippen LogP contribution is -2.15. The van der Waals surface area contributed by atoms with Crippen LogP contribution in [0.5, 0.6) is 0 Å². The molecule has 2 nitrogen and oxygen atoms in total. The Morgan fingerprint density at radius 1 is 1.15 bits per heavy atom. The van der Waals surface area contributed by atoms with Gasteiger partial charge in [0.25, 0.3) is 0 Å². The van der Waals surface area contributed by atoms with E-state index in [0.717, 1.165) is 6.61 Å². The molecule has 0 aromatic heterocycles. The summed E-state index contributed by atoms with van der Waals surface area (Å²) in [7, 11) is 0. The van der Waals surface area contributed by atoms with E-state index in [2.05, 4.69) is 26.1 Å². The highest BCUT2D eigenvalue weighted by atomic mass is 16.6. The lowest BCUT2D eigenvalue weighted by molar-refractivity contribution is 0.423. The molecule has 0 bridgehead atoms. The van der Waals surface area contributed by atoms with Crippen LogP contribution in [0.1, 0.15) is 46.5 Å². The molecule has 1 N–H and O–H groups in total. The summed E-state index contributed by atoms with van der Waals surface area (Å²) in [6, 6.07) is 0. The monoisotopic (exact) mass is 187 g/mol. The summed E-state index contributed by atoms with van der Waals surface area (Å²) >= 11 is 0. The molecule has 2 heteroatoms. The molecule has 1 aliphatic rings. The molecule has 1 atom stereocenters. The van der Waals surface area contributed by atoms with E-state index >= 15 is 0 Å². The van der Waals surface area contributed by atoms with Gasteiger partial charge in [-0.3, -0.25) is 0 Å². The number of hydrogen-bond acceptors (Lipinski definition) is 2. The smallest absolute Gasteiger partial charge is 0.0781 e. The normalized spacial score (nSPS) is 19.2. The predicted octanol–water partition coefficient (Wildman–Crippen LogP) is 2.58. The lowest BCUT2D eigenvalue weighted by atomic mass is 10.3. The molecule has 0 amide bonds. The molecular formula is C11H25NO. The van der Waals surface area contributed by atoms with Crippen molar-refractivity contribution in [2.45, 2.75) is 52.6 Å². The first kappa shape index (κ1) is 12.9. The summed E-state index contributed by atoms with van der Waals surface area (Å²) in [4.78, 5) is 0. The van der Waals surface area contributed by atoms with Crippen molar-refractivity contribution in [2.24, 2.45) is 0 Å². The first-order valence-electron chi connectivity index (χ1n) is 5.63. The van der Waals surface area contributed by atoms with E-state index in [1.54, 1.807) is 0 Å². The molecule has 1 unspecified atom stereocenters. The molecule has 1 aliphatic heterocycles.